The molecule has 1 N–H and O–H groups in total. The molecule has 1 aliphatic rings. The molecule has 7 heteroatoms. The molecule has 1 atom stereocenters. The SMILES string of the molecule is COc1ccc(CN=C(Nc2ccccc2)SC2CC(=O)N(c3ccccc3)C2=O)cc1. The van der Waals surface area contributed by atoms with Crippen LogP contribution < -0.4 is 15.0 Å². The first-order valence-corrected chi connectivity index (χ1v) is 11.1. The zero-order valence-corrected chi connectivity index (χ0v) is 18.4. The minimum Gasteiger partial charge on any atom is -0.497 e. The fourth-order valence-corrected chi connectivity index (χ4v) is 4.34. The zero-order chi connectivity index (χ0) is 22.3. The van der Waals surface area contributed by atoms with Crippen LogP contribution in [0.2, 0.25) is 0 Å². The van der Waals surface area contributed by atoms with Crippen LogP contribution in [0, 0.1) is 0 Å². The number of amidine groups is 1. The molecule has 4 rings (SSSR count). The topological polar surface area (TPSA) is 71.0 Å². The van der Waals surface area contributed by atoms with Gasteiger partial charge in [0, 0.05) is 12.1 Å². The third-order valence-electron chi connectivity index (χ3n) is 4.96. The summed E-state index contributed by atoms with van der Waals surface area (Å²) in [4.78, 5) is 31.6. The lowest BCUT2D eigenvalue weighted by atomic mass is 10.2. The highest BCUT2D eigenvalue weighted by atomic mass is 32.2. The van der Waals surface area contributed by atoms with Crippen LogP contribution in [0.1, 0.15) is 12.0 Å². The van der Waals surface area contributed by atoms with Crippen LogP contribution in [-0.4, -0.2) is 29.3 Å². The van der Waals surface area contributed by atoms with Gasteiger partial charge in [-0.1, -0.05) is 60.3 Å². The summed E-state index contributed by atoms with van der Waals surface area (Å²) in [7, 11) is 1.63. The Balaban J connectivity index is 1.53. The van der Waals surface area contributed by atoms with Gasteiger partial charge in [-0.05, 0) is 42.0 Å². The summed E-state index contributed by atoms with van der Waals surface area (Å²) in [5.41, 5.74) is 2.47. The number of carbonyl (C=O) groups is 2. The average Bonchev–Trinajstić information content (AvgIpc) is 3.11. The van der Waals surface area contributed by atoms with E-state index in [2.05, 4.69) is 5.32 Å². The summed E-state index contributed by atoms with van der Waals surface area (Å²) in [5.74, 6) is 0.358. The van der Waals surface area contributed by atoms with Crippen molar-refractivity contribution in [2.45, 2.75) is 18.2 Å². The highest BCUT2D eigenvalue weighted by Crippen LogP contribution is 2.31. The van der Waals surface area contributed by atoms with E-state index in [4.69, 9.17) is 9.73 Å². The number of rotatable bonds is 6. The largest absolute Gasteiger partial charge is 0.497 e. The van der Waals surface area contributed by atoms with E-state index >= 15 is 0 Å². The molecule has 1 unspecified atom stereocenters. The number of anilines is 2. The Hall–Kier alpha value is -3.58. The molecule has 3 aromatic rings. The van der Waals surface area contributed by atoms with Crippen molar-refractivity contribution >= 4 is 40.1 Å². The molecule has 6 nitrogen and oxygen atoms in total. The average molecular weight is 446 g/mol. The number of amides is 2. The monoisotopic (exact) mass is 445 g/mol. The number of aliphatic imine (C=N–C) groups is 1. The fourth-order valence-electron chi connectivity index (χ4n) is 3.32. The molecule has 1 heterocycles. The number of hydrogen-bond donors (Lipinski definition) is 1. The number of nitrogens with zero attached hydrogens (tertiary/aromatic N) is 2. The summed E-state index contributed by atoms with van der Waals surface area (Å²) in [6.07, 6.45) is 0.135. The van der Waals surface area contributed by atoms with Crippen molar-refractivity contribution in [2.75, 3.05) is 17.3 Å². The molecule has 1 aliphatic heterocycles. The number of hydrogen-bond acceptors (Lipinski definition) is 5. The molecule has 2 amide bonds. The van der Waals surface area contributed by atoms with Crippen molar-refractivity contribution in [3.8, 4) is 5.75 Å². The highest BCUT2D eigenvalue weighted by Gasteiger charge is 2.40. The third kappa shape index (κ3) is 5.18. The lowest BCUT2D eigenvalue weighted by molar-refractivity contribution is -0.121. The molecule has 0 aromatic heterocycles. The predicted octanol–water partition coefficient (Wildman–Crippen LogP) is 4.73. The summed E-state index contributed by atoms with van der Waals surface area (Å²) >= 11 is 1.29. The van der Waals surface area contributed by atoms with E-state index in [-0.39, 0.29) is 18.2 Å². The van der Waals surface area contributed by atoms with Gasteiger partial charge in [-0.3, -0.25) is 14.6 Å². The number of nitrogens with one attached hydrogen (secondary N) is 1. The van der Waals surface area contributed by atoms with Gasteiger partial charge in [0.25, 0.3) is 0 Å². The number of para-hydroxylation sites is 2. The smallest absolute Gasteiger partial charge is 0.247 e. The van der Waals surface area contributed by atoms with E-state index in [9.17, 15) is 9.59 Å². The van der Waals surface area contributed by atoms with Gasteiger partial charge >= 0.3 is 0 Å². The quantitative estimate of drug-likeness (QED) is 0.337. The number of imide groups is 1. The minimum absolute atomic E-state index is 0.135. The molecule has 0 saturated carbocycles. The molecular formula is C25H23N3O3S. The molecule has 1 saturated heterocycles. The first kappa shape index (κ1) is 21.6. The van der Waals surface area contributed by atoms with Crippen LogP contribution in [-0.2, 0) is 16.1 Å². The molecule has 32 heavy (non-hydrogen) atoms. The van der Waals surface area contributed by atoms with Gasteiger partial charge in [-0.15, -0.1) is 0 Å². The number of ether oxygens (including phenoxy) is 1. The Morgan fingerprint density at radius 3 is 2.31 bits per heavy atom. The predicted molar refractivity (Wildman–Crippen MR) is 129 cm³/mol. The molecule has 0 radical (unpaired) electrons. The van der Waals surface area contributed by atoms with Crippen LogP contribution >= 0.6 is 11.8 Å². The summed E-state index contributed by atoms with van der Waals surface area (Å²) in [5, 5.41) is 3.35. The lowest BCUT2D eigenvalue weighted by Crippen LogP contribution is -2.31. The molecule has 0 spiro atoms. The number of benzene rings is 3. The van der Waals surface area contributed by atoms with Gasteiger partial charge in [0.1, 0.15) is 11.0 Å². The zero-order valence-electron chi connectivity index (χ0n) is 17.6. The van der Waals surface area contributed by atoms with Crippen LogP contribution in [0.25, 0.3) is 0 Å². The maximum absolute atomic E-state index is 13.0. The number of carbonyl (C=O) groups excluding carboxylic acids is 2. The molecule has 0 aliphatic carbocycles. The van der Waals surface area contributed by atoms with Gasteiger partial charge in [0.15, 0.2) is 5.17 Å². The van der Waals surface area contributed by atoms with Gasteiger partial charge in [0.05, 0.1) is 19.3 Å². The van der Waals surface area contributed by atoms with E-state index in [1.54, 1.807) is 19.2 Å². The van der Waals surface area contributed by atoms with Crippen LogP contribution in [0.3, 0.4) is 0 Å². The van der Waals surface area contributed by atoms with E-state index < -0.39 is 5.25 Å². The number of thioether (sulfide) groups is 1. The highest BCUT2D eigenvalue weighted by molar-refractivity contribution is 8.15. The molecule has 1 fully saturated rings. The van der Waals surface area contributed by atoms with Crippen molar-refractivity contribution in [3.63, 3.8) is 0 Å². The Bertz CT molecular complexity index is 1100. The van der Waals surface area contributed by atoms with Gasteiger partial charge in [-0.25, -0.2) is 4.90 Å². The summed E-state index contributed by atoms with van der Waals surface area (Å²) in [6, 6.07) is 26.4. The lowest BCUT2D eigenvalue weighted by Gasteiger charge is -2.16. The fraction of sp³-hybridized carbons (Fsp3) is 0.160. The van der Waals surface area contributed by atoms with Crippen molar-refractivity contribution < 1.29 is 14.3 Å². The van der Waals surface area contributed by atoms with E-state index in [1.807, 2.05) is 72.8 Å². The van der Waals surface area contributed by atoms with E-state index in [0.717, 1.165) is 17.0 Å². The number of methoxy groups -OCH3 is 1. The second-order valence-corrected chi connectivity index (χ2v) is 8.37. The standard InChI is InChI=1S/C25H23N3O3S/c1-31-21-14-12-18(13-15-21)17-26-25(27-19-8-4-2-5-9-19)32-22-16-23(29)28(24(22)30)20-10-6-3-7-11-20/h2-15,22H,16-17H2,1H3,(H,26,27). The third-order valence-corrected chi connectivity index (χ3v) is 6.07. The van der Waals surface area contributed by atoms with Gasteiger partial charge in [-0.2, -0.15) is 0 Å². The Morgan fingerprint density at radius 1 is 1.00 bits per heavy atom. The van der Waals surface area contributed by atoms with Gasteiger partial charge in [0.2, 0.25) is 11.8 Å². The van der Waals surface area contributed by atoms with Crippen molar-refractivity contribution in [1.82, 2.24) is 0 Å². The maximum Gasteiger partial charge on any atom is 0.247 e. The van der Waals surface area contributed by atoms with Crippen LogP contribution in [0.4, 0.5) is 11.4 Å². The van der Waals surface area contributed by atoms with Crippen LogP contribution in [0.5, 0.6) is 5.75 Å². The van der Waals surface area contributed by atoms with E-state index in [1.165, 1.54) is 16.7 Å². The summed E-state index contributed by atoms with van der Waals surface area (Å²) < 4.78 is 5.20. The minimum atomic E-state index is -0.534. The Morgan fingerprint density at radius 2 is 1.66 bits per heavy atom. The molecule has 162 valence electrons. The van der Waals surface area contributed by atoms with Gasteiger partial charge < -0.3 is 10.1 Å². The maximum atomic E-state index is 13.0. The molecule has 3 aromatic carbocycles. The Kier molecular flexibility index (Phi) is 6.87. The van der Waals surface area contributed by atoms with Crippen LogP contribution in [0.15, 0.2) is 89.9 Å². The Labute approximate surface area is 191 Å². The summed E-state index contributed by atoms with van der Waals surface area (Å²) in [6.45, 7) is 0.434. The first-order valence-electron chi connectivity index (χ1n) is 10.2. The second-order valence-electron chi connectivity index (χ2n) is 7.17. The first-order chi connectivity index (χ1) is 15.6. The second kappa shape index (κ2) is 10.2. The van der Waals surface area contributed by atoms with Crippen molar-refractivity contribution in [1.29, 1.82) is 0 Å². The van der Waals surface area contributed by atoms with Crippen molar-refractivity contribution in [3.05, 3.63) is 90.5 Å². The normalized spacial score (nSPS) is 16.3. The van der Waals surface area contributed by atoms with Crippen molar-refractivity contribution in [2.24, 2.45) is 4.99 Å². The van der Waals surface area contributed by atoms with E-state index in [0.29, 0.717) is 17.4 Å². The molecular weight excluding hydrogens is 422 g/mol. The molecule has 0 bridgehead atoms.